The minimum absolute atomic E-state index is 0.0310. The maximum atomic E-state index is 13.9. The second kappa shape index (κ2) is 11.2. The molecule has 0 aliphatic carbocycles. The molecule has 0 radical (unpaired) electrons. The van der Waals surface area contributed by atoms with Crippen LogP contribution in [0.5, 0.6) is 17.2 Å². The fourth-order valence-corrected chi connectivity index (χ4v) is 5.39. The zero-order chi connectivity index (χ0) is 28.5. The number of nitrogens with one attached hydrogen (secondary N) is 1. The first-order valence-corrected chi connectivity index (χ1v) is 13.7. The van der Waals surface area contributed by atoms with Gasteiger partial charge in [-0.3, -0.25) is 14.9 Å². The first kappa shape index (κ1) is 28.9. The summed E-state index contributed by atoms with van der Waals surface area (Å²) < 4.78 is 60.1. The highest BCUT2D eigenvalue weighted by Crippen LogP contribution is 2.44. The van der Waals surface area contributed by atoms with Crippen LogP contribution in [0.2, 0.25) is 0 Å². The molecule has 2 aliphatic rings. The van der Waals surface area contributed by atoms with Crippen molar-refractivity contribution in [3.63, 3.8) is 0 Å². The lowest BCUT2D eigenvalue weighted by Gasteiger charge is -2.38. The van der Waals surface area contributed by atoms with E-state index in [1.807, 2.05) is 27.7 Å². The normalized spacial score (nSPS) is 20.1. The number of thioether (sulfide) groups is 1. The summed E-state index contributed by atoms with van der Waals surface area (Å²) in [7, 11) is 0. The van der Waals surface area contributed by atoms with E-state index in [9.17, 15) is 22.8 Å². The maximum Gasteiger partial charge on any atom is 0.419 e. The molecule has 0 bridgehead atoms. The average Bonchev–Trinajstić information content (AvgIpc) is 3.19. The highest BCUT2D eigenvalue weighted by molar-refractivity contribution is 8.18. The van der Waals surface area contributed by atoms with Crippen LogP contribution in [0, 0.1) is 20.8 Å². The Hall–Kier alpha value is -3.14. The molecule has 1 fully saturated rings. The number of halogens is 3. The quantitative estimate of drug-likeness (QED) is 0.269. The Morgan fingerprint density at radius 1 is 1.13 bits per heavy atom. The SMILES string of the molecule is CCCCOc1c(C)c(C)c2c(c1C)CCC(C)(COc1ccc(/C=C3\SC(=O)NC3=O)cc1C(F)(F)F)O2. The minimum Gasteiger partial charge on any atom is -0.493 e. The van der Waals surface area contributed by atoms with Gasteiger partial charge in [-0.15, -0.1) is 0 Å². The monoisotopic (exact) mass is 563 g/mol. The fraction of sp³-hybridized carbons (Fsp3) is 0.448. The molecule has 10 heteroatoms. The molecule has 2 aromatic carbocycles. The van der Waals surface area contributed by atoms with E-state index in [-0.39, 0.29) is 22.8 Å². The van der Waals surface area contributed by atoms with Crippen LogP contribution < -0.4 is 19.5 Å². The number of benzene rings is 2. The zero-order valence-corrected chi connectivity index (χ0v) is 23.5. The molecule has 0 aromatic heterocycles. The molecule has 1 unspecified atom stereocenters. The summed E-state index contributed by atoms with van der Waals surface area (Å²) in [6.45, 7) is 10.5. The van der Waals surface area contributed by atoms with Gasteiger partial charge >= 0.3 is 6.18 Å². The number of carbonyl (C=O) groups excluding carboxylic acids is 2. The molecule has 6 nitrogen and oxygen atoms in total. The third kappa shape index (κ3) is 6.21. The van der Waals surface area contributed by atoms with E-state index in [4.69, 9.17) is 14.2 Å². The topological polar surface area (TPSA) is 73.9 Å². The zero-order valence-electron chi connectivity index (χ0n) is 22.6. The Morgan fingerprint density at radius 2 is 1.87 bits per heavy atom. The lowest BCUT2D eigenvalue weighted by molar-refractivity contribution is -0.139. The summed E-state index contributed by atoms with van der Waals surface area (Å²) in [6.07, 6.45) is -0.192. The molecule has 2 heterocycles. The van der Waals surface area contributed by atoms with Gasteiger partial charge in [-0.25, -0.2) is 0 Å². The molecule has 0 saturated carbocycles. The van der Waals surface area contributed by atoms with Crippen molar-refractivity contribution in [2.75, 3.05) is 13.2 Å². The number of carbonyl (C=O) groups is 2. The molecule has 39 heavy (non-hydrogen) atoms. The predicted molar refractivity (Wildman–Crippen MR) is 144 cm³/mol. The van der Waals surface area contributed by atoms with Gasteiger partial charge in [0, 0.05) is 5.56 Å². The molecule has 4 rings (SSSR count). The first-order chi connectivity index (χ1) is 18.3. The average molecular weight is 564 g/mol. The van der Waals surface area contributed by atoms with Gasteiger partial charge in [-0.2, -0.15) is 13.2 Å². The number of ether oxygens (including phenoxy) is 3. The number of unbranched alkanes of at least 4 members (excludes halogenated alkanes) is 1. The number of fused-ring (bicyclic) bond motifs is 1. The molecule has 1 atom stereocenters. The first-order valence-electron chi connectivity index (χ1n) is 12.9. The van der Waals surface area contributed by atoms with Crippen molar-refractivity contribution in [2.24, 2.45) is 0 Å². The van der Waals surface area contributed by atoms with Gasteiger partial charge in [0.15, 0.2) is 0 Å². The Kier molecular flexibility index (Phi) is 8.25. The Bertz CT molecular complexity index is 1340. The van der Waals surface area contributed by atoms with E-state index in [0.29, 0.717) is 31.2 Å². The minimum atomic E-state index is -4.69. The summed E-state index contributed by atoms with van der Waals surface area (Å²) in [5, 5.41) is 1.52. The van der Waals surface area contributed by atoms with Crippen LogP contribution >= 0.6 is 11.8 Å². The van der Waals surface area contributed by atoms with Gasteiger partial charge in [-0.05, 0) is 99.2 Å². The summed E-state index contributed by atoms with van der Waals surface area (Å²) in [5.74, 6) is 0.654. The van der Waals surface area contributed by atoms with E-state index < -0.39 is 28.5 Å². The lowest BCUT2D eigenvalue weighted by atomic mass is 9.87. The summed E-state index contributed by atoms with van der Waals surface area (Å²) in [5.41, 5.74) is 2.36. The van der Waals surface area contributed by atoms with E-state index >= 15 is 0 Å². The van der Waals surface area contributed by atoms with Gasteiger partial charge in [0.1, 0.15) is 29.5 Å². The van der Waals surface area contributed by atoms with Gasteiger partial charge in [0.05, 0.1) is 17.1 Å². The van der Waals surface area contributed by atoms with Crippen LogP contribution in [-0.4, -0.2) is 30.0 Å². The number of hydrogen-bond donors (Lipinski definition) is 1. The number of alkyl halides is 3. The van der Waals surface area contributed by atoms with Crippen molar-refractivity contribution < 1.29 is 37.0 Å². The van der Waals surface area contributed by atoms with E-state index in [1.165, 1.54) is 18.2 Å². The molecule has 2 amide bonds. The fourth-order valence-electron chi connectivity index (χ4n) is 4.71. The van der Waals surface area contributed by atoms with Crippen molar-refractivity contribution in [1.82, 2.24) is 5.32 Å². The van der Waals surface area contributed by atoms with Crippen molar-refractivity contribution in [3.8, 4) is 17.2 Å². The van der Waals surface area contributed by atoms with Crippen LogP contribution in [0.1, 0.15) is 66.5 Å². The standard InChI is InChI=1S/C29H32F3NO5S/c1-6-7-12-36-24-16(2)17(3)25-20(18(24)4)10-11-28(5,38-25)15-37-22-9-8-19(13-21(22)29(30,31)32)14-23-26(34)33-27(35)39-23/h8-9,13-14H,6-7,10-12,15H2,1-5H3,(H,33,34,35)/b23-14-. The van der Waals surface area contributed by atoms with E-state index in [0.717, 1.165) is 52.7 Å². The van der Waals surface area contributed by atoms with Crippen LogP contribution in [0.3, 0.4) is 0 Å². The van der Waals surface area contributed by atoms with Crippen molar-refractivity contribution in [1.29, 1.82) is 0 Å². The molecule has 2 aliphatic heterocycles. The van der Waals surface area contributed by atoms with Gasteiger partial charge in [-0.1, -0.05) is 19.4 Å². The Balaban J connectivity index is 1.55. The van der Waals surface area contributed by atoms with Crippen molar-refractivity contribution in [2.45, 2.75) is 72.1 Å². The Morgan fingerprint density at radius 3 is 2.51 bits per heavy atom. The number of hydrogen-bond acceptors (Lipinski definition) is 6. The summed E-state index contributed by atoms with van der Waals surface area (Å²) in [6, 6.07) is 3.56. The third-order valence-electron chi connectivity index (χ3n) is 7.09. The molecule has 1 N–H and O–H groups in total. The second-order valence-electron chi connectivity index (χ2n) is 10.2. The second-order valence-corrected chi connectivity index (χ2v) is 11.2. The summed E-state index contributed by atoms with van der Waals surface area (Å²) >= 11 is 0.642. The van der Waals surface area contributed by atoms with Gasteiger partial charge < -0.3 is 14.2 Å². The number of amides is 2. The van der Waals surface area contributed by atoms with Gasteiger partial charge in [0.25, 0.3) is 11.1 Å². The maximum absolute atomic E-state index is 13.9. The molecule has 2 aromatic rings. The lowest BCUT2D eigenvalue weighted by Crippen LogP contribution is -2.42. The van der Waals surface area contributed by atoms with E-state index in [2.05, 4.69) is 12.2 Å². The van der Waals surface area contributed by atoms with Crippen LogP contribution in [0.15, 0.2) is 23.1 Å². The summed E-state index contributed by atoms with van der Waals surface area (Å²) in [4.78, 5) is 23.2. The molecule has 210 valence electrons. The van der Waals surface area contributed by atoms with Crippen LogP contribution in [-0.2, 0) is 17.4 Å². The highest BCUT2D eigenvalue weighted by atomic mass is 32.2. The van der Waals surface area contributed by atoms with Crippen molar-refractivity contribution in [3.05, 3.63) is 56.5 Å². The molecule has 1 saturated heterocycles. The number of rotatable bonds is 8. The third-order valence-corrected chi connectivity index (χ3v) is 7.90. The Labute approximate surface area is 230 Å². The van der Waals surface area contributed by atoms with E-state index in [1.54, 1.807) is 0 Å². The predicted octanol–water partition coefficient (Wildman–Crippen LogP) is 7.30. The van der Waals surface area contributed by atoms with Crippen LogP contribution in [0.4, 0.5) is 18.0 Å². The largest absolute Gasteiger partial charge is 0.493 e. The molecule has 0 spiro atoms. The highest BCUT2D eigenvalue weighted by Gasteiger charge is 2.38. The number of imide groups is 1. The smallest absolute Gasteiger partial charge is 0.419 e. The molecular weight excluding hydrogens is 531 g/mol. The van der Waals surface area contributed by atoms with Crippen molar-refractivity contribution >= 4 is 29.0 Å². The molecular formula is C29H32F3NO5S. The van der Waals surface area contributed by atoms with Crippen LogP contribution in [0.25, 0.3) is 6.08 Å². The van der Waals surface area contributed by atoms with Gasteiger partial charge in [0.2, 0.25) is 0 Å².